The Balaban J connectivity index is -0.000000187. The van der Waals surface area contributed by atoms with E-state index in [1.54, 1.807) is 0 Å². The third-order valence-electron chi connectivity index (χ3n) is 3.66. The number of nitrogens with zero attached hydrogens (tertiary/aromatic N) is 2. The smallest absolute Gasteiger partial charge is 0.0234 e. The molecule has 1 aromatic carbocycles. The lowest BCUT2D eigenvalue weighted by Crippen LogP contribution is -2.46. The second-order valence-corrected chi connectivity index (χ2v) is 9.90. The molecule has 2 rings (SSSR count). The van der Waals surface area contributed by atoms with E-state index in [1.165, 1.54) is 56.9 Å². The van der Waals surface area contributed by atoms with Gasteiger partial charge in [-0.3, -0.25) is 9.80 Å². The Kier molecular flexibility index (Phi) is 32.9. The van der Waals surface area contributed by atoms with Gasteiger partial charge in [-0.1, -0.05) is 121 Å². The van der Waals surface area contributed by atoms with Gasteiger partial charge in [0.2, 0.25) is 0 Å². The second-order valence-electron chi connectivity index (χ2n) is 7.98. The van der Waals surface area contributed by atoms with Crippen molar-refractivity contribution in [3.63, 3.8) is 0 Å². The van der Waals surface area contributed by atoms with Crippen molar-refractivity contribution in [2.24, 2.45) is 0 Å². The van der Waals surface area contributed by atoms with E-state index in [-0.39, 0.29) is 29.7 Å². The van der Waals surface area contributed by atoms with E-state index in [0.29, 0.717) is 4.75 Å². The van der Waals surface area contributed by atoms with Crippen molar-refractivity contribution < 1.29 is 0 Å². The Morgan fingerprint density at radius 1 is 0.733 bits per heavy atom. The van der Waals surface area contributed by atoms with Gasteiger partial charge >= 0.3 is 0 Å². The average Bonchev–Trinajstić information content (AvgIpc) is 2.58. The molecule has 3 heteroatoms. The van der Waals surface area contributed by atoms with Crippen LogP contribution < -0.4 is 0 Å². The van der Waals surface area contributed by atoms with Gasteiger partial charge in [0.1, 0.15) is 0 Å². The maximum atomic E-state index is 2.61. The fourth-order valence-corrected chi connectivity index (χ4v) is 3.46. The van der Waals surface area contributed by atoms with Gasteiger partial charge < -0.3 is 0 Å². The SMILES string of the molecule is C.C.C.C.CC(C)(C)SCCN1CCN(Cc2ccccc2)CC1.CCC.CCC. The fraction of sp³-hybridized carbons (Fsp3) is 0.778. The zero-order chi connectivity index (χ0) is 19.8. The van der Waals surface area contributed by atoms with Crippen LogP contribution in [0.1, 0.15) is 96.6 Å². The molecule has 0 spiro atoms. The quantitative estimate of drug-likeness (QED) is 0.448. The van der Waals surface area contributed by atoms with Gasteiger partial charge in [-0.25, -0.2) is 0 Å². The van der Waals surface area contributed by atoms with Crippen LogP contribution in [-0.2, 0) is 6.54 Å². The molecule has 0 aromatic heterocycles. The molecule has 0 aliphatic carbocycles. The van der Waals surface area contributed by atoms with Crippen LogP contribution in [-0.4, -0.2) is 53.0 Å². The van der Waals surface area contributed by atoms with Crippen LogP contribution in [0.25, 0.3) is 0 Å². The van der Waals surface area contributed by atoms with Crippen molar-refractivity contribution in [3.05, 3.63) is 35.9 Å². The summed E-state index contributed by atoms with van der Waals surface area (Å²) < 4.78 is 0.398. The summed E-state index contributed by atoms with van der Waals surface area (Å²) in [6, 6.07) is 10.8. The third-order valence-corrected chi connectivity index (χ3v) is 4.91. The molecule has 0 radical (unpaired) electrons. The van der Waals surface area contributed by atoms with Crippen LogP contribution in [0.3, 0.4) is 0 Å². The fourth-order valence-electron chi connectivity index (χ4n) is 2.49. The van der Waals surface area contributed by atoms with Gasteiger partial charge in [-0.2, -0.15) is 11.8 Å². The molecule has 184 valence electrons. The summed E-state index contributed by atoms with van der Waals surface area (Å²) in [6.07, 6.45) is 2.50. The van der Waals surface area contributed by atoms with Gasteiger partial charge in [-0.15, -0.1) is 0 Å². The maximum absolute atomic E-state index is 2.61. The lowest BCUT2D eigenvalue weighted by atomic mass is 10.2. The number of rotatable bonds is 5. The van der Waals surface area contributed by atoms with Gasteiger partial charge in [0.25, 0.3) is 0 Å². The summed E-state index contributed by atoms with van der Waals surface area (Å²) in [7, 11) is 0. The molecular formula is C27H60N2S. The number of benzene rings is 1. The van der Waals surface area contributed by atoms with Crippen molar-refractivity contribution in [1.82, 2.24) is 9.80 Å². The van der Waals surface area contributed by atoms with E-state index in [2.05, 4.69) is 100 Å². The predicted octanol–water partition coefficient (Wildman–Crippen LogP) is 8.71. The van der Waals surface area contributed by atoms with E-state index in [9.17, 15) is 0 Å². The molecule has 1 aliphatic heterocycles. The van der Waals surface area contributed by atoms with Crippen molar-refractivity contribution in [2.45, 2.75) is 102 Å². The van der Waals surface area contributed by atoms with Crippen LogP contribution in [0.5, 0.6) is 0 Å². The first-order chi connectivity index (χ1) is 12.4. The highest BCUT2D eigenvalue weighted by Gasteiger charge is 2.17. The van der Waals surface area contributed by atoms with Crippen molar-refractivity contribution in [2.75, 3.05) is 38.5 Å². The van der Waals surface area contributed by atoms with Gasteiger partial charge in [0.05, 0.1) is 0 Å². The zero-order valence-electron chi connectivity index (χ0n) is 18.6. The van der Waals surface area contributed by atoms with Gasteiger partial charge in [0.15, 0.2) is 0 Å². The highest BCUT2D eigenvalue weighted by Crippen LogP contribution is 2.23. The first kappa shape index (κ1) is 39.9. The van der Waals surface area contributed by atoms with Crippen LogP contribution in [0, 0.1) is 0 Å². The summed E-state index contributed by atoms with van der Waals surface area (Å²) in [4.78, 5) is 5.18. The minimum atomic E-state index is 0. The van der Waals surface area contributed by atoms with E-state index < -0.39 is 0 Å². The van der Waals surface area contributed by atoms with E-state index in [4.69, 9.17) is 0 Å². The molecule has 0 amide bonds. The van der Waals surface area contributed by atoms with Crippen LogP contribution in [0.4, 0.5) is 0 Å². The van der Waals surface area contributed by atoms with Crippen molar-refractivity contribution in [1.29, 1.82) is 0 Å². The standard InChI is InChI=1S/C17H28N2S.2C3H8.4CH4/c1-17(2,3)20-14-13-18-9-11-19(12-10-18)15-16-7-5-4-6-8-16;2*1-3-2;;;;/h4-8H,9-15H2,1-3H3;2*3H2,1-2H3;4*1H4. The molecule has 0 N–H and O–H groups in total. The number of hydrogen-bond acceptors (Lipinski definition) is 3. The van der Waals surface area contributed by atoms with Crippen molar-refractivity contribution in [3.8, 4) is 0 Å². The number of piperazine rings is 1. The lowest BCUT2D eigenvalue weighted by molar-refractivity contribution is 0.133. The third kappa shape index (κ3) is 23.8. The number of thioether (sulfide) groups is 1. The summed E-state index contributed by atoms with van der Waals surface area (Å²) in [5.41, 5.74) is 1.43. The molecule has 0 bridgehead atoms. The summed E-state index contributed by atoms with van der Waals surface area (Å²) in [6.45, 7) is 22.6. The molecule has 1 fully saturated rings. The Labute approximate surface area is 198 Å². The predicted molar refractivity (Wildman–Crippen MR) is 149 cm³/mol. The Bertz CT molecular complexity index is 405. The molecule has 0 unspecified atom stereocenters. The summed E-state index contributed by atoms with van der Waals surface area (Å²) in [5, 5.41) is 0. The lowest BCUT2D eigenvalue weighted by Gasteiger charge is -2.35. The normalized spacial score (nSPS) is 13.4. The van der Waals surface area contributed by atoms with Gasteiger partial charge in [-0.05, 0) is 5.56 Å². The first-order valence-electron chi connectivity index (χ1n) is 10.5. The minimum absolute atomic E-state index is 0. The largest absolute Gasteiger partial charge is 0.300 e. The molecule has 30 heavy (non-hydrogen) atoms. The van der Waals surface area contributed by atoms with E-state index in [0.717, 1.165) is 6.54 Å². The first-order valence-corrected chi connectivity index (χ1v) is 11.5. The van der Waals surface area contributed by atoms with Crippen LogP contribution in [0.15, 0.2) is 30.3 Å². The summed E-state index contributed by atoms with van der Waals surface area (Å²) in [5.74, 6) is 1.25. The van der Waals surface area contributed by atoms with Crippen molar-refractivity contribution >= 4 is 11.8 Å². The summed E-state index contributed by atoms with van der Waals surface area (Å²) >= 11 is 2.08. The Morgan fingerprint density at radius 2 is 1.13 bits per heavy atom. The molecule has 1 saturated heterocycles. The second kappa shape index (κ2) is 24.8. The molecule has 1 aliphatic rings. The van der Waals surface area contributed by atoms with Gasteiger partial charge in [0, 0.05) is 49.8 Å². The highest BCUT2D eigenvalue weighted by molar-refractivity contribution is 8.00. The topological polar surface area (TPSA) is 6.48 Å². The molecule has 2 nitrogen and oxygen atoms in total. The van der Waals surface area contributed by atoms with E-state index >= 15 is 0 Å². The van der Waals surface area contributed by atoms with E-state index in [1.807, 2.05) is 0 Å². The molecule has 1 aromatic rings. The van der Waals surface area contributed by atoms with Crippen LogP contribution in [0.2, 0.25) is 0 Å². The maximum Gasteiger partial charge on any atom is 0.0234 e. The highest BCUT2D eigenvalue weighted by atomic mass is 32.2. The molecular weight excluding hydrogens is 384 g/mol. The van der Waals surface area contributed by atoms with Crippen LogP contribution >= 0.6 is 11.8 Å². The average molecular weight is 445 g/mol. The molecule has 0 atom stereocenters. The zero-order valence-corrected chi connectivity index (χ0v) is 19.4. The Morgan fingerprint density at radius 3 is 1.53 bits per heavy atom. The Hall–Kier alpha value is -0.510. The molecule has 1 heterocycles. The monoisotopic (exact) mass is 444 g/mol. The minimum Gasteiger partial charge on any atom is -0.300 e. The number of hydrogen-bond donors (Lipinski definition) is 0. The molecule has 0 saturated carbocycles.